The molecule has 0 N–H and O–H groups in total. The van der Waals surface area contributed by atoms with E-state index in [0.29, 0.717) is 11.8 Å². The van der Waals surface area contributed by atoms with Crippen LogP contribution >= 0.6 is 0 Å². The van der Waals surface area contributed by atoms with Gasteiger partial charge in [-0.3, -0.25) is 0 Å². The van der Waals surface area contributed by atoms with Gasteiger partial charge in [0.15, 0.2) is 0 Å². The van der Waals surface area contributed by atoms with Crippen LogP contribution in [0.5, 0.6) is 0 Å². The molecule has 2 nitrogen and oxygen atoms in total. The van der Waals surface area contributed by atoms with E-state index in [1.54, 1.807) is 0 Å². The molecular formula is C16H24O2. The normalized spacial score (nSPS) is 46.3. The van der Waals surface area contributed by atoms with Crippen LogP contribution < -0.4 is 0 Å². The van der Waals surface area contributed by atoms with E-state index in [0.717, 1.165) is 17.8 Å². The molecule has 0 spiro atoms. The van der Waals surface area contributed by atoms with Gasteiger partial charge >= 0.3 is 5.97 Å². The lowest BCUT2D eigenvalue weighted by molar-refractivity contribution is -0.154. The fraction of sp³-hybridized carbons (Fsp3) is 0.812. The fourth-order valence-corrected chi connectivity index (χ4v) is 5.02. The van der Waals surface area contributed by atoms with Crippen LogP contribution in [0.2, 0.25) is 0 Å². The monoisotopic (exact) mass is 248 g/mol. The molecule has 4 atom stereocenters. The smallest absolute Gasteiger partial charge is 0.330 e. The predicted octanol–water partition coefficient (Wildman–Crippen LogP) is 3.57. The van der Waals surface area contributed by atoms with E-state index in [1.807, 2.05) is 0 Å². The van der Waals surface area contributed by atoms with E-state index < -0.39 is 0 Å². The molecule has 0 aromatic carbocycles. The van der Waals surface area contributed by atoms with Gasteiger partial charge in [-0.05, 0) is 68.1 Å². The van der Waals surface area contributed by atoms with Gasteiger partial charge in [-0.15, -0.1) is 0 Å². The first-order valence-electron chi connectivity index (χ1n) is 7.48. The molecule has 4 aliphatic rings. The minimum absolute atomic E-state index is 0.142. The third kappa shape index (κ3) is 2.22. The molecule has 4 bridgehead atoms. The highest BCUT2D eigenvalue weighted by atomic mass is 16.5. The van der Waals surface area contributed by atoms with Crippen molar-refractivity contribution in [1.82, 2.24) is 0 Å². The molecule has 0 radical (unpaired) electrons. The number of fused-ring (bicyclic) bond motifs is 2. The highest BCUT2D eigenvalue weighted by Crippen LogP contribution is 2.51. The van der Waals surface area contributed by atoms with Crippen LogP contribution in [0.4, 0.5) is 0 Å². The van der Waals surface area contributed by atoms with Crippen LogP contribution in [0.3, 0.4) is 0 Å². The Morgan fingerprint density at radius 2 is 1.61 bits per heavy atom. The van der Waals surface area contributed by atoms with Crippen molar-refractivity contribution in [2.45, 2.75) is 51.6 Å². The first kappa shape index (κ1) is 12.3. The van der Waals surface area contributed by atoms with Gasteiger partial charge in [-0.1, -0.05) is 13.5 Å². The van der Waals surface area contributed by atoms with E-state index in [1.165, 1.54) is 44.6 Å². The van der Waals surface area contributed by atoms with Gasteiger partial charge < -0.3 is 4.74 Å². The zero-order chi connectivity index (χ0) is 12.7. The molecule has 0 aromatic heterocycles. The summed E-state index contributed by atoms with van der Waals surface area (Å²) in [6, 6.07) is 0. The minimum Gasteiger partial charge on any atom is -0.459 e. The van der Waals surface area contributed by atoms with Crippen LogP contribution in [0.15, 0.2) is 12.7 Å². The molecule has 4 aliphatic carbocycles. The zero-order valence-electron chi connectivity index (χ0n) is 11.3. The van der Waals surface area contributed by atoms with Crippen molar-refractivity contribution in [2.24, 2.45) is 29.6 Å². The Bertz CT molecular complexity index is 335. The summed E-state index contributed by atoms with van der Waals surface area (Å²) in [5.74, 6) is 3.59. The summed E-state index contributed by atoms with van der Waals surface area (Å²) < 4.78 is 5.69. The maximum Gasteiger partial charge on any atom is 0.330 e. The van der Waals surface area contributed by atoms with Crippen molar-refractivity contribution in [1.29, 1.82) is 0 Å². The van der Waals surface area contributed by atoms with Crippen molar-refractivity contribution in [3.8, 4) is 0 Å². The Hall–Kier alpha value is -0.790. The molecule has 18 heavy (non-hydrogen) atoms. The largest absolute Gasteiger partial charge is 0.459 e. The molecule has 0 heterocycles. The maximum absolute atomic E-state index is 11.5. The quantitative estimate of drug-likeness (QED) is 0.551. The zero-order valence-corrected chi connectivity index (χ0v) is 11.3. The molecule has 4 saturated carbocycles. The molecular weight excluding hydrogens is 224 g/mol. The highest BCUT2D eigenvalue weighted by Gasteiger charge is 2.44. The molecule has 4 fully saturated rings. The predicted molar refractivity (Wildman–Crippen MR) is 70.9 cm³/mol. The molecule has 0 aromatic rings. The number of carbonyl (C=O) groups is 1. The Labute approximate surface area is 110 Å². The lowest BCUT2D eigenvalue weighted by Gasteiger charge is -2.49. The van der Waals surface area contributed by atoms with Crippen LogP contribution in [0.1, 0.15) is 45.4 Å². The molecule has 100 valence electrons. The maximum atomic E-state index is 11.5. The van der Waals surface area contributed by atoms with Crippen molar-refractivity contribution in [3.05, 3.63) is 12.7 Å². The highest BCUT2D eigenvalue weighted by molar-refractivity contribution is 5.81. The van der Waals surface area contributed by atoms with Gasteiger partial charge in [0, 0.05) is 6.08 Å². The Kier molecular flexibility index (Phi) is 3.21. The van der Waals surface area contributed by atoms with E-state index in [-0.39, 0.29) is 12.1 Å². The van der Waals surface area contributed by atoms with Gasteiger partial charge in [0.05, 0.1) is 0 Å². The van der Waals surface area contributed by atoms with Gasteiger partial charge in [0.25, 0.3) is 0 Å². The minimum atomic E-state index is -0.233. The molecule has 4 rings (SSSR count). The number of hydrogen-bond acceptors (Lipinski definition) is 2. The van der Waals surface area contributed by atoms with E-state index in [4.69, 9.17) is 4.74 Å². The van der Waals surface area contributed by atoms with Crippen LogP contribution in [-0.4, -0.2) is 12.1 Å². The SMILES string of the molecule is C=CC(=O)OC1C(C)CC2CC3CC(C2)CC1C3. The summed E-state index contributed by atoms with van der Waals surface area (Å²) >= 11 is 0. The van der Waals surface area contributed by atoms with Crippen LogP contribution in [0, 0.1) is 29.6 Å². The number of esters is 1. The second-order valence-corrected chi connectivity index (χ2v) is 6.86. The van der Waals surface area contributed by atoms with Crippen molar-refractivity contribution < 1.29 is 9.53 Å². The first-order valence-corrected chi connectivity index (χ1v) is 7.48. The number of ether oxygens (including phenoxy) is 1. The molecule has 0 aliphatic heterocycles. The average Bonchev–Trinajstić information content (AvgIpc) is 2.33. The summed E-state index contributed by atoms with van der Waals surface area (Å²) in [6.45, 7) is 5.79. The van der Waals surface area contributed by atoms with E-state index in [9.17, 15) is 4.79 Å². The molecule has 0 saturated heterocycles. The molecule has 2 heteroatoms. The van der Waals surface area contributed by atoms with Crippen LogP contribution in [-0.2, 0) is 9.53 Å². The second-order valence-electron chi connectivity index (χ2n) is 6.86. The van der Waals surface area contributed by atoms with Gasteiger partial charge in [-0.25, -0.2) is 4.79 Å². The summed E-state index contributed by atoms with van der Waals surface area (Å²) in [6.07, 6.45) is 9.57. The Morgan fingerprint density at radius 3 is 2.17 bits per heavy atom. The first-order chi connectivity index (χ1) is 8.65. The average molecular weight is 248 g/mol. The summed E-state index contributed by atoms with van der Waals surface area (Å²) in [7, 11) is 0. The Balaban J connectivity index is 1.80. The summed E-state index contributed by atoms with van der Waals surface area (Å²) in [5, 5.41) is 0. The van der Waals surface area contributed by atoms with Crippen molar-refractivity contribution in [3.63, 3.8) is 0 Å². The van der Waals surface area contributed by atoms with E-state index >= 15 is 0 Å². The van der Waals surface area contributed by atoms with Gasteiger partial charge in [0.1, 0.15) is 6.10 Å². The number of hydrogen-bond donors (Lipinski definition) is 0. The van der Waals surface area contributed by atoms with Crippen molar-refractivity contribution in [2.75, 3.05) is 0 Å². The third-order valence-corrected chi connectivity index (χ3v) is 5.42. The standard InChI is InChI=1S/C16H24O2/c1-3-15(17)18-16-10(2)4-11-5-12-7-13(6-11)9-14(16)8-12/h3,10-14,16H,1,4-9H2,2H3. The summed E-state index contributed by atoms with van der Waals surface area (Å²) in [5.41, 5.74) is 0. The lowest BCUT2D eigenvalue weighted by atomic mass is 9.58. The fourth-order valence-electron chi connectivity index (χ4n) is 5.02. The van der Waals surface area contributed by atoms with Gasteiger partial charge in [0.2, 0.25) is 0 Å². The lowest BCUT2D eigenvalue weighted by Crippen LogP contribution is -2.44. The third-order valence-electron chi connectivity index (χ3n) is 5.42. The van der Waals surface area contributed by atoms with Crippen LogP contribution in [0.25, 0.3) is 0 Å². The van der Waals surface area contributed by atoms with Gasteiger partial charge in [-0.2, -0.15) is 0 Å². The number of rotatable bonds is 2. The number of carbonyl (C=O) groups excluding carboxylic acids is 1. The molecule has 4 unspecified atom stereocenters. The van der Waals surface area contributed by atoms with Crippen molar-refractivity contribution >= 4 is 5.97 Å². The van der Waals surface area contributed by atoms with E-state index in [2.05, 4.69) is 13.5 Å². The Morgan fingerprint density at radius 1 is 1.06 bits per heavy atom. The molecule has 0 amide bonds. The summed E-state index contributed by atoms with van der Waals surface area (Å²) in [4.78, 5) is 11.5. The topological polar surface area (TPSA) is 26.3 Å². The second kappa shape index (κ2) is 4.71.